The van der Waals surface area contributed by atoms with Gasteiger partial charge in [-0.25, -0.2) is 14.4 Å². The maximum absolute atomic E-state index is 15.4. The number of nitrogens with zero attached hydrogens (tertiary/aromatic N) is 3. The highest BCUT2D eigenvalue weighted by atomic mass is 31.2. The Labute approximate surface area is 197 Å². The quantitative estimate of drug-likeness (QED) is 0.447. The van der Waals surface area contributed by atoms with E-state index in [-0.39, 0.29) is 5.56 Å². The Kier molecular flexibility index (Phi) is 6.86. The topological polar surface area (TPSA) is 88.0 Å². The molecule has 3 aromatic rings. The van der Waals surface area contributed by atoms with Crippen LogP contribution < -0.4 is 10.8 Å². The zero-order valence-corrected chi connectivity index (χ0v) is 21.2. The second-order valence-corrected chi connectivity index (χ2v) is 13.2. The van der Waals surface area contributed by atoms with E-state index in [1.165, 1.54) is 39.1 Å². The van der Waals surface area contributed by atoms with Gasteiger partial charge >= 0.3 is 5.92 Å². The van der Waals surface area contributed by atoms with Crippen molar-refractivity contribution in [2.24, 2.45) is 5.41 Å². The number of benzene rings is 1. The minimum Gasteiger partial charge on any atom is -0.386 e. The first-order chi connectivity index (χ1) is 15.5. The van der Waals surface area contributed by atoms with Crippen LogP contribution in [0.25, 0.3) is 10.9 Å². The van der Waals surface area contributed by atoms with Crippen LogP contribution in [0.15, 0.2) is 30.5 Å². The monoisotopic (exact) mass is 494 g/mol. The second kappa shape index (κ2) is 8.93. The van der Waals surface area contributed by atoms with Crippen LogP contribution in [0, 0.1) is 18.2 Å². The van der Waals surface area contributed by atoms with Crippen molar-refractivity contribution in [2.75, 3.05) is 18.6 Å². The zero-order valence-electron chi connectivity index (χ0n) is 20.3. The average Bonchev–Trinajstić information content (AvgIpc) is 2.71. The molecule has 10 heteroatoms. The maximum Gasteiger partial charge on any atom is 0.301 e. The molecule has 0 aliphatic carbocycles. The first-order valence-electron chi connectivity index (χ1n) is 10.8. The molecule has 0 spiro atoms. The highest BCUT2D eigenvalue weighted by Crippen LogP contribution is 2.42. The molecule has 0 fully saturated rings. The number of alkyl halides is 2. The van der Waals surface area contributed by atoms with Crippen LogP contribution in [0.1, 0.15) is 50.7 Å². The summed E-state index contributed by atoms with van der Waals surface area (Å²) < 4.78 is 58.0. The molecule has 1 aromatic carbocycles. The van der Waals surface area contributed by atoms with Crippen molar-refractivity contribution in [1.82, 2.24) is 15.0 Å². The summed E-state index contributed by atoms with van der Waals surface area (Å²) >= 11 is 0. The van der Waals surface area contributed by atoms with Crippen LogP contribution in [0.3, 0.4) is 0 Å². The molecule has 0 unspecified atom stereocenters. The minimum absolute atomic E-state index is 0.00589. The third-order valence-electron chi connectivity index (χ3n) is 5.60. The van der Waals surface area contributed by atoms with Gasteiger partial charge in [-0.05, 0) is 44.7 Å². The van der Waals surface area contributed by atoms with Gasteiger partial charge in [-0.2, -0.15) is 8.78 Å². The Hall–Kier alpha value is -2.51. The van der Waals surface area contributed by atoms with E-state index in [1.807, 2.05) is 0 Å². The third kappa shape index (κ3) is 5.10. The third-order valence-corrected chi connectivity index (χ3v) is 6.95. The molecule has 2 atom stereocenters. The van der Waals surface area contributed by atoms with Crippen molar-refractivity contribution in [1.29, 1.82) is 0 Å². The summed E-state index contributed by atoms with van der Waals surface area (Å²) in [5.41, 5.74) is -1.12. The number of aromatic nitrogens is 3. The number of halogens is 3. The van der Waals surface area contributed by atoms with Gasteiger partial charge < -0.3 is 15.0 Å². The largest absolute Gasteiger partial charge is 0.386 e. The van der Waals surface area contributed by atoms with Crippen LogP contribution in [0.4, 0.5) is 19.0 Å². The van der Waals surface area contributed by atoms with Crippen molar-refractivity contribution in [3.63, 3.8) is 0 Å². The molecule has 6 nitrogen and oxygen atoms in total. The standard InChI is InChI=1S/C24H30F3N4O2P/c1-13(15-9-8-10-17(20(15)25)24(26,27)22(32)23(3,4)5)29-21-16-11-19(34(6,7)33)28-12-18(16)30-14(2)31-21/h8-13,22,32H,1-7H3,(H,29,30,31)/t13-,22-/m1/s1. The van der Waals surface area contributed by atoms with Gasteiger partial charge in [-0.3, -0.25) is 4.98 Å². The average molecular weight is 494 g/mol. The predicted molar refractivity (Wildman–Crippen MR) is 129 cm³/mol. The summed E-state index contributed by atoms with van der Waals surface area (Å²) in [6.07, 6.45) is -0.573. The zero-order chi connectivity index (χ0) is 25.6. The SMILES string of the molecule is Cc1nc(N[C@H](C)c2cccc(C(F)(F)[C@H](O)C(C)(C)C)c2F)c2cc(P(C)(C)=O)ncc2n1. The van der Waals surface area contributed by atoms with Crippen molar-refractivity contribution >= 4 is 29.3 Å². The van der Waals surface area contributed by atoms with Gasteiger partial charge in [-0.15, -0.1) is 0 Å². The van der Waals surface area contributed by atoms with Crippen molar-refractivity contribution in [3.05, 3.63) is 53.2 Å². The lowest BCUT2D eigenvalue weighted by molar-refractivity contribution is -0.157. The van der Waals surface area contributed by atoms with Crippen molar-refractivity contribution < 1.29 is 22.8 Å². The summed E-state index contributed by atoms with van der Waals surface area (Å²) in [5, 5.41) is 13.8. The van der Waals surface area contributed by atoms with Crippen LogP contribution in [-0.2, 0) is 10.5 Å². The molecule has 3 rings (SSSR count). The number of aryl methyl sites for hydroxylation is 1. The Morgan fingerprint density at radius 1 is 1.15 bits per heavy atom. The smallest absolute Gasteiger partial charge is 0.301 e. The fourth-order valence-corrected chi connectivity index (χ4v) is 4.43. The summed E-state index contributed by atoms with van der Waals surface area (Å²) in [7, 11) is -2.66. The van der Waals surface area contributed by atoms with Crippen LogP contribution >= 0.6 is 7.14 Å². The molecular formula is C24H30F3N4O2P. The van der Waals surface area contributed by atoms with Crippen LogP contribution in [-0.4, -0.2) is 39.5 Å². The first kappa shape index (κ1) is 26.1. The lowest BCUT2D eigenvalue weighted by Gasteiger charge is -2.33. The molecular weight excluding hydrogens is 464 g/mol. The lowest BCUT2D eigenvalue weighted by Crippen LogP contribution is -2.41. The van der Waals surface area contributed by atoms with E-state index < -0.39 is 42.0 Å². The molecule has 34 heavy (non-hydrogen) atoms. The first-order valence-corrected chi connectivity index (χ1v) is 13.4. The minimum atomic E-state index is -3.79. The molecule has 2 N–H and O–H groups in total. The number of rotatable bonds is 6. The fraction of sp³-hybridized carbons (Fsp3) is 0.458. The van der Waals surface area contributed by atoms with Gasteiger partial charge in [0.1, 0.15) is 36.1 Å². The molecule has 2 aromatic heterocycles. The predicted octanol–water partition coefficient (Wildman–Crippen LogP) is 5.39. The van der Waals surface area contributed by atoms with Crippen LogP contribution in [0.5, 0.6) is 0 Å². The number of aliphatic hydroxyl groups is 1. The van der Waals surface area contributed by atoms with Gasteiger partial charge in [0.25, 0.3) is 0 Å². The molecule has 0 saturated carbocycles. The molecule has 2 heterocycles. The van der Waals surface area contributed by atoms with E-state index in [4.69, 9.17) is 0 Å². The number of nitrogens with one attached hydrogen (secondary N) is 1. The second-order valence-electron chi connectivity index (χ2n) is 10.00. The van der Waals surface area contributed by atoms with Crippen molar-refractivity contribution in [3.8, 4) is 0 Å². The van der Waals surface area contributed by atoms with Gasteiger partial charge in [0.15, 0.2) is 0 Å². The summed E-state index contributed by atoms with van der Waals surface area (Å²) in [4.78, 5) is 13.0. The Balaban J connectivity index is 2.05. The van der Waals surface area contributed by atoms with Gasteiger partial charge in [-0.1, -0.05) is 32.9 Å². The number of hydrogen-bond acceptors (Lipinski definition) is 6. The van der Waals surface area contributed by atoms with Crippen molar-refractivity contribution in [2.45, 2.75) is 52.7 Å². The Morgan fingerprint density at radius 3 is 2.38 bits per heavy atom. The number of pyridine rings is 1. The summed E-state index contributed by atoms with van der Waals surface area (Å²) in [6, 6.07) is 4.61. The number of aliphatic hydroxyl groups excluding tert-OH is 1. The van der Waals surface area contributed by atoms with Gasteiger partial charge in [0, 0.05) is 10.9 Å². The Bertz CT molecular complexity index is 1270. The van der Waals surface area contributed by atoms with Gasteiger partial charge in [0.05, 0.1) is 23.3 Å². The molecule has 0 aliphatic heterocycles. The normalized spacial score (nSPS) is 14.8. The fourth-order valence-electron chi connectivity index (χ4n) is 3.66. The van der Waals surface area contributed by atoms with E-state index in [9.17, 15) is 9.67 Å². The van der Waals surface area contributed by atoms with E-state index in [0.717, 1.165) is 6.07 Å². The molecule has 0 saturated heterocycles. The molecule has 0 radical (unpaired) electrons. The van der Waals surface area contributed by atoms with Gasteiger partial charge in [0.2, 0.25) is 0 Å². The number of anilines is 1. The van der Waals surface area contributed by atoms with E-state index in [0.29, 0.717) is 28.0 Å². The highest BCUT2D eigenvalue weighted by Gasteiger charge is 2.48. The number of hydrogen-bond donors (Lipinski definition) is 2. The van der Waals surface area contributed by atoms with Crippen LogP contribution in [0.2, 0.25) is 0 Å². The number of fused-ring (bicyclic) bond motifs is 1. The van der Waals surface area contributed by atoms with E-state index >= 15 is 13.2 Å². The van der Waals surface area contributed by atoms with E-state index in [1.54, 1.807) is 33.2 Å². The molecule has 0 amide bonds. The summed E-state index contributed by atoms with van der Waals surface area (Å²) in [6.45, 7) is 10.9. The van der Waals surface area contributed by atoms with E-state index in [2.05, 4.69) is 20.3 Å². The molecule has 0 bridgehead atoms. The maximum atomic E-state index is 15.4. The summed E-state index contributed by atoms with van der Waals surface area (Å²) in [5.74, 6) is -4.11. The highest BCUT2D eigenvalue weighted by molar-refractivity contribution is 7.69. The lowest BCUT2D eigenvalue weighted by atomic mass is 9.82. The molecule has 0 aliphatic rings. The molecule has 184 valence electrons. The Morgan fingerprint density at radius 2 is 1.79 bits per heavy atom.